The number of nitrogens with zero attached hydrogens (tertiary/aromatic N) is 1. The largest absolute Gasteiger partial charge is 0.489 e. The van der Waals surface area contributed by atoms with E-state index in [2.05, 4.69) is 23.4 Å². The third kappa shape index (κ3) is 6.34. The van der Waals surface area contributed by atoms with E-state index in [1.54, 1.807) is 25.3 Å². The van der Waals surface area contributed by atoms with Crippen molar-refractivity contribution in [3.8, 4) is 5.75 Å². The highest BCUT2D eigenvalue weighted by Gasteiger charge is 2.24. The maximum Gasteiger partial charge on any atom is 0.251 e. The van der Waals surface area contributed by atoms with Crippen molar-refractivity contribution in [2.24, 2.45) is 0 Å². The van der Waals surface area contributed by atoms with Gasteiger partial charge in [-0.2, -0.15) is 11.8 Å². The first-order chi connectivity index (χ1) is 12.5. The van der Waals surface area contributed by atoms with Gasteiger partial charge in [0, 0.05) is 44.1 Å². The fraction of sp³-hybridized carbons (Fsp3) is 0.632. The van der Waals surface area contributed by atoms with E-state index in [1.807, 2.05) is 11.8 Å². The molecule has 0 spiro atoms. The second-order valence-corrected chi connectivity index (χ2v) is 7.87. The summed E-state index contributed by atoms with van der Waals surface area (Å²) in [5.74, 6) is 1.65. The van der Waals surface area contributed by atoms with Crippen LogP contribution < -0.4 is 10.1 Å². The van der Waals surface area contributed by atoms with Gasteiger partial charge in [0.25, 0.3) is 5.91 Å². The summed E-state index contributed by atoms with van der Waals surface area (Å²) in [5, 5.41) is 3.26. The monoisotopic (exact) mass is 400 g/mol. The van der Waals surface area contributed by atoms with Crippen LogP contribution in [0, 0.1) is 0 Å². The Bertz CT molecular complexity index is 580. The van der Waals surface area contributed by atoms with Crippen molar-refractivity contribution in [2.75, 3.05) is 45.4 Å². The van der Waals surface area contributed by atoms with E-state index in [0.29, 0.717) is 35.5 Å². The molecule has 1 N–H and O–H groups in total. The average Bonchev–Trinajstić information content (AvgIpc) is 2.64. The Balaban J connectivity index is 1.86. The Morgan fingerprint density at radius 3 is 2.77 bits per heavy atom. The molecule has 1 aliphatic heterocycles. The molecule has 7 heteroatoms. The van der Waals surface area contributed by atoms with E-state index in [1.165, 1.54) is 0 Å². The van der Waals surface area contributed by atoms with E-state index >= 15 is 0 Å². The number of rotatable bonds is 9. The van der Waals surface area contributed by atoms with Crippen molar-refractivity contribution in [1.29, 1.82) is 0 Å². The molecule has 26 heavy (non-hydrogen) atoms. The lowest BCUT2D eigenvalue weighted by Crippen LogP contribution is -2.43. The number of piperidine rings is 1. The molecule has 0 unspecified atom stereocenters. The fourth-order valence-corrected chi connectivity index (χ4v) is 3.99. The van der Waals surface area contributed by atoms with Gasteiger partial charge in [-0.25, -0.2) is 0 Å². The third-order valence-corrected chi connectivity index (χ3v) is 5.70. The molecule has 2 rings (SSSR count). The summed E-state index contributed by atoms with van der Waals surface area (Å²) in [7, 11) is 1.60. The molecule has 1 aromatic rings. The van der Waals surface area contributed by atoms with Crippen molar-refractivity contribution >= 4 is 29.3 Å². The van der Waals surface area contributed by atoms with Gasteiger partial charge >= 0.3 is 0 Å². The molecule has 1 fully saturated rings. The molecule has 0 aliphatic carbocycles. The Morgan fingerprint density at radius 2 is 2.15 bits per heavy atom. The molecule has 1 heterocycles. The average molecular weight is 401 g/mol. The molecule has 0 saturated carbocycles. The second kappa shape index (κ2) is 11.0. The highest BCUT2D eigenvalue weighted by atomic mass is 35.5. The lowest BCUT2D eigenvalue weighted by Gasteiger charge is -2.36. The number of ether oxygens (including phenoxy) is 2. The number of nitrogens with one attached hydrogen (secondary N) is 1. The number of carbonyl (C=O) groups excluding carboxylic acids is 1. The molecule has 0 radical (unpaired) electrons. The first kappa shape index (κ1) is 21.4. The van der Waals surface area contributed by atoms with Gasteiger partial charge in [-0.3, -0.25) is 9.69 Å². The zero-order valence-electron chi connectivity index (χ0n) is 15.8. The van der Waals surface area contributed by atoms with Crippen LogP contribution in [0.15, 0.2) is 18.2 Å². The van der Waals surface area contributed by atoms with Crippen molar-refractivity contribution in [3.63, 3.8) is 0 Å². The Hall–Kier alpha value is -0.950. The predicted molar refractivity (Wildman–Crippen MR) is 109 cm³/mol. The number of methoxy groups -OCH3 is 1. The van der Waals surface area contributed by atoms with Gasteiger partial charge in [-0.1, -0.05) is 11.6 Å². The number of carbonyl (C=O) groups is 1. The van der Waals surface area contributed by atoms with Gasteiger partial charge in [0.1, 0.15) is 11.9 Å². The van der Waals surface area contributed by atoms with Gasteiger partial charge in [-0.05, 0) is 44.2 Å². The van der Waals surface area contributed by atoms with E-state index in [9.17, 15) is 4.79 Å². The molecule has 0 bridgehead atoms. The highest BCUT2D eigenvalue weighted by Crippen LogP contribution is 2.29. The Labute approximate surface area is 165 Å². The number of thioether (sulfide) groups is 1. The quantitative estimate of drug-likeness (QED) is 0.644. The normalized spacial score (nSPS) is 17.1. The van der Waals surface area contributed by atoms with Crippen LogP contribution in [0.25, 0.3) is 0 Å². The maximum atomic E-state index is 12.1. The van der Waals surface area contributed by atoms with E-state index in [4.69, 9.17) is 21.1 Å². The van der Waals surface area contributed by atoms with Gasteiger partial charge < -0.3 is 14.8 Å². The molecule has 0 aromatic heterocycles. The molecule has 1 saturated heterocycles. The molecule has 1 aromatic carbocycles. The van der Waals surface area contributed by atoms with Crippen LogP contribution in [0.5, 0.6) is 5.75 Å². The molecule has 1 atom stereocenters. The second-order valence-electron chi connectivity index (χ2n) is 6.55. The zero-order chi connectivity index (χ0) is 18.9. The van der Waals surface area contributed by atoms with Gasteiger partial charge in [-0.15, -0.1) is 0 Å². The summed E-state index contributed by atoms with van der Waals surface area (Å²) >= 11 is 8.22. The minimum atomic E-state index is -0.161. The Kier molecular flexibility index (Phi) is 9.05. The van der Waals surface area contributed by atoms with E-state index in [0.717, 1.165) is 31.7 Å². The van der Waals surface area contributed by atoms with Gasteiger partial charge in [0.15, 0.2) is 0 Å². The first-order valence-electron chi connectivity index (χ1n) is 9.01. The first-order valence-corrected chi connectivity index (χ1v) is 10.8. The number of likely N-dealkylation sites (tertiary alicyclic amines) is 1. The van der Waals surface area contributed by atoms with Crippen LogP contribution in [-0.2, 0) is 4.74 Å². The van der Waals surface area contributed by atoms with Crippen molar-refractivity contribution in [2.45, 2.75) is 31.9 Å². The van der Waals surface area contributed by atoms with Crippen molar-refractivity contribution in [3.05, 3.63) is 28.8 Å². The van der Waals surface area contributed by atoms with Crippen LogP contribution in [0.2, 0.25) is 5.02 Å². The zero-order valence-corrected chi connectivity index (χ0v) is 17.4. The molecule has 1 aliphatic rings. The van der Waals surface area contributed by atoms with Crippen LogP contribution in [-0.4, -0.2) is 68.3 Å². The number of halogens is 1. The lowest BCUT2D eigenvalue weighted by molar-refractivity contribution is 0.0854. The number of hydrogen-bond donors (Lipinski definition) is 1. The van der Waals surface area contributed by atoms with Crippen molar-refractivity contribution in [1.82, 2.24) is 10.2 Å². The van der Waals surface area contributed by atoms with Gasteiger partial charge in [0.2, 0.25) is 0 Å². The SMILES string of the molecule is COCCNC(=O)c1ccc(OC2CCN([C@H](C)CSC)CC2)c(Cl)c1. The molecule has 1 amide bonds. The summed E-state index contributed by atoms with van der Waals surface area (Å²) in [4.78, 5) is 14.6. The van der Waals surface area contributed by atoms with Crippen molar-refractivity contribution < 1.29 is 14.3 Å². The predicted octanol–water partition coefficient (Wildman–Crippen LogP) is 3.31. The van der Waals surface area contributed by atoms with Crippen LogP contribution in [0.3, 0.4) is 0 Å². The summed E-state index contributed by atoms with van der Waals surface area (Å²) < 4.78 is 11.0. The summed E-state index contributed by atoms with van der Waals surface area (Å²) in [6.45, 7) is 5.33. The van der Waals surface area contributed by atoms with Gasteiger partial charge in [0.05, 0.1) is 11.6 Å². The minimum absolute atomic E-state index is 0.161. The van der Waals surface area contributed by atoms with Crippen LogP contribution in [0.1, 0.15) is 30.1 Å². The lowest BCUT2D eigenvalue weighted by atomic mass is 10.1. The maximum absolute atomic E-state index is 12.1. The van der Waals surface area contributed by atoms with Crippen LogP contribution in [0.4, 0.5) is 0 Å². The molecular weight excluding hydrogens is 372 g/mol. The van der Waals surface area contributed by atoms with E-state index in [-0.39, 0.29) is 12.0 Å². The standard InChI is InChI=1S/C19H29ClN2O3S/c1-14(13-26-3)22-9-6-16(7-10-22)25-18-5-4-15(12-17(18)20)19(23)21-8-11-24-2/h4-5,12,14,16H,6-11,13H2,1-3H3,(H,21,23)/t14-/m1/s1. The number of amides is 1. The topological polar surface area (TPSA) is 50.8 Å². The molecular formula is C19H29ClN2O3S. The molecule has 5 nitrogen and oxygen atoms in total. The molecule has 146 valence electrons. The minimum Gasteiger partial charge on any atom is -0.489 e. The highest BCUT2D eigenvalue weighted by molar-refractivity contribution is 7.98. The fourth-order valence-electron chi connectivity index (χ4n) is 3.07. The number of benzene rings is 1. The summed E-state index contributed by atoms with van der Waals surface area (Å²) in [6, 6.07) is 5.80. The Morgan fingerprint density at radius 1 is 1.42 bits per heavy atom. The summed E-state index contributed by atoms with van der Waals surface area (Å²) in [5.41, 5.74) is 0.527. The third-order valence-electron chi connectivity index (χ3n) is 4.59. The smallest absolute Gasteiger partial charge is 0.251 e. The van der Waals surface area contributed by atoms with Crippen LogP contribution >= 0.6 is 23.4 Å². The number of hydrogen-bond acceptors (Lipinski definition) is 5. The summed E-state index contributed by atoms with van der Waals surface area (Å²) in [6.07, 6.45) is 4.31. The van der Waals surface area contributed by atoms with E-state index < -0.39 is 0 Å².